The third-order valence-corrected chi connectivity index (χ3v) is 4.11. The van der Waals surface area contributed by atoms with Crippen molar-refractivity contribution >= 4 is 17.3 Å². The van der Waals surface area contributed by atoms with Gasteiger partial charge in [-0.1, -0.05) is 24.6 Å². The minimum absolute atomic E-state index is 0.156. The number of halogens is 1. The first kappa shape index (κ1) is 13.7. The molecule has 1 saturated heterocycles. The number of nitrogens with zero attached hydrogens (tertiary/aromatic N) is 1. The maximum atomic E-state index is 6.36. The second kappa shape index (κ2) is 5.94. The zero-order valence-electron chi connectivity index (χ0n) is 11.3. The zero-order chi connectivity index (χ0) is 13.1. The van der Waals surface area contributed by atoms with Gasteiger partial charge in [-0.25, -0.2) is 0 Å². The highest BCUT2D eigenvalue weighted by Crippen LogP contribution is 2.30. The number of nitrogens with two attached hydrogens (primary N) is 1. The second-order valence-corrected chi connectivity index (χ2v) is 5.76. The molecule has 1 fully saturated rings. The van der Waals surface area contributed by atoms with Crippen LogP contribution in [0.1, 0.15) is 38.7 Å². The molecule has 0 aromatic heterocycles. The lowest BCUT2D eigenvalue weighted by atomic mass is 10.1. The highest BCUT2D eigenvalue weighted by Gasteiger charge is 2.23. The van der Waals surface area contributed by atoms with Gasteiger partial charge in [-0.05, 0) is 50.3 Å². The van der Waals surface area contributed by atoms with Crippen molar-refractivity contribution in [2.75, 3.05) is 11.4 Å². The van der Waals surface area contributed by atoms with E-state index in [0.29, 0.717) is 6.04 Å². The van der Waals surface area contributed by atoms with Crippen LogP contribution < -0.4 is 10.6 Å². The SMILES string of the molecule is CCC1CCCN1c1ccc(CC(C)N)c(Cl)c1. The maximum Gasteiger partial charge on any atom is 0.0459 e. The quantitative estimate of drug-likeness (QED) is 0.902. The fourth-order valence-electron chi connectivity index (χ4n) is 2.83. The molecular weight excluding hydrogens is 244 g/mol. The molecule has 1 heterocycles. The van der Waals surface area contributed by atoms with Crippen LogP contribution in [0.15, 0.2) is 18.2 Å². The predicted octanol–water partition coefficient (Wildman–Crippen LogP) is 3.61. The molecule has 0 radical (unpaired) electrons. The minimum Gasteiger partial charge on any atom is -0.369 e. The van der Waals surface area contributed by atoms with Crippen molar-refractivity contribution in [1.82, 2.24) is 0 Å². The molecule has 1 aliphatic rings. The van der Waals surface area contributed by atoms with Gasteiger partial charge in [0.2, 0.25) is 0 Å². The summed E-state index contributed by atoms with van der Waals surface area (Å²) in [6, 6.07) is 7.26. The fourth-order valence-corrected chi connectivity index (χ4v) is 3.08. The summed E-state index contributed by atoms with van der Waals surface area (Å²) in [7, 11) is 0. The molecule has 2 rings (SSSR count). The van der Waals surface area contributed by atoms with E-state index in [4.69, 9.17) is 17.3 Å². The maximum absolute atomic E-state index is 6.36. The number of rotatable bonds is 4. The molecule has 0 aliphatic carbocycles. The summed E-state index contributed by atoms with van der Waals surface area (Å²) < 4.78 is 0. The number of hydrogen-bond donors (Lipinski definition) is 1. The van der Waals surface area contributed by atoms with Gasteiger partial charge in [0.1, 0.15) is 0 Å². The molecule has 2 atom stereocenters. The van der Waals surface area contributed by atoms with Crippen molar-refractivity contribution in [2.24, 2.45) is 5.73 Å². The van der Waals surface area contributed by atoms with Crippen LogP contribution in [0.5, 0.6) is 0 Å². The molecule has 1 aliphatic heterocycles. The van der Waals surface area contributed by atoms with Crippen molar-refractivity contribution in [3.63, 3.8) is 0 Å². The summed E-state index contributed by atoms with van der Waals surface area (Å²) in [4.78, 5) is 2.49. The standard InChI is InChI=1S/C15H23ClN2/c1-3-13-5-4-8-18(13)14-7-6-12(9-11(2)17)15(16)10-14/h6-7,10-11,13H,3-5,8-9,17H2,1-2H3. The average molecular weight is 267 g/mol. The Kier molecular flexibility index (Phi) is 4.52. The number of hydrogen-bond acceptors (Lipinski definition) is 2. The van der Waals surface area contributed by atoms with E-state index in [1.807, 2.05) is 6.92 Å². The van der Waals surface area contributed by atoms with Gasteiger partial charge < -0.3 is 10.6 Å². The van der Waals surface area contributed by atoms with Gasteiger partial charge in [0.25, 0.3) is 0 Å². The molecule has 1 aromatic carbocycles. The van der Waals surface area contributed by atoms with Gasteiger partial charge in [0.05, 0.1) is 0 Å². The van der Waals surface area contributed by atoms with Crippen LogP contribution in [0.4, 0.5) is 5.69 Å². The van der Waals surface area contributed by atoms with Crippen LogP contribution in [-0.2, 0) is 6.42 Å². The topological polar surface area (TPSA) is 29.3 Å². The van der Waals surface area contributed by atoms with E-state index in [9.17, 15) is 0 Å². The Bertz CT molecular complexity index is 403. The molecule has 3 heteroatoms. The Morgan fingerprint density at radius 2 is 2.28 bits per heavy atom. The lowest BCUT2D eigenvalue weighted by molar-refractivity contribution is 0.645. The van der Waals surface area contributed by atoms with Crippen molar-refractivity contribution in [3.8, 4) is 0 Å². The summed E-state index contributed by atoms with van der Waals surface area (Å²) in [5.74, 6) is 0. The lowest BCUT2D eigenvalue weighted by Gasteiger charge is -2.26. The number of anilines is 1. The van der Waals surface area contributed by atoms with Gasteiger partial charge >= 0.3 is 0 Å². The van der Waals surface area contributed by atoms with Gasteiger partial charge in [-0.3, -0.25) is 0 Å². The van der Waals surface area contributed by atoms with E-state index in [0.717, 1.165) is 23.6 Å². The Labute approximate surface area is 115 Å². The molecular formula is C15H23ClN2. The van der Waals surface area contributed by atoms with Gasteiger partial charge in [-0.2, -0.15) is 0 Å². The third kappa shape index (κ3) is 2.99. The molecule has 0 saturated carbocycles. The third-order valence-electron chi connectivity index (χ3n) is 3.76. The van der Waals surface area contributed by atoms with Crippen LogP contribution in [0.3, 0.4) is 0 Å². The van der Waals surface area contributed by atoms with Crippen LogP contribution in [0, 0.1) is 0 Å². The molecule has 1 aromatic rings. The first-order valence-electron chi connectivity index (χ1n) is 6.92. The summed E-state index contributed by atoms with van der Waals surface area (Å²) in [6.45, 7) is 5.42. The first-order valence-corrected chi connectivity index (χ1v) is 7.30. The molecule has 18 heavy (non-hydrogen) atoms. The molecule has 100 valence electrons. The summed E-state index contributed by atoms with van der Waals surface area (Å²) in [5, 5.41) is 0.853. The predicted molar refractivity (Wildman–Crippen MR) is 79.5 cm³/mol. The van der Waals surface area contributed by atoms with Crippen LogP contribution >= 0.6 is 11.6 Å². The van der Waals surface area contributed by atoms with E-state index in [-0.39, 0.29) is 6.04 Å². The van der Waals surface area contributed by atoms with E-state index < -0.39 is 0 Å². The molecule has 2 nitrogen and oxygen atoms in total. The van der Waals surface area contributed by atoms with Gasteiger partial charge in [0.15, 0.2) is 0 Å². The highest BCUT2D eigenvalue weighted by atomic mass is 35.5. The van der Waals surface area contributed by atoms with Crippen molar-refractivity contribution in [2.45, 2.75) is 51.6 Å². The minimum atomic E-state index is 0.156. The second-order valence-electron chi connectivity index (χ2n) is 5.35. The van der Waals surface area contributed by atoms with E-state index >= 15 is 0 Å². The molecule has 0 spiro atoms. The summed E-state index contributed by atoms with van der Waals surface area (Å²) in [5.41, 5.74) is 8.25. The Morgan fingerprint density at radius 3 is 2.89 bits per heavy atom. The monoisotopic (exact) mass is 266 g/mol. The summed E-state index contributed by atoms with van der Waals surface area (Å²) in [6.07, 6.45) is 4.64. The normalized spacial score (nSPS) is 21.3. The van der Waals surface area contributed by atoms with Crippen molar-refractivity contribution in [1.29, 1.82) is 0 Å². The fraction of sp³-hybridized carbons (Fsp3) is 0.600. The number of benzene rings is 1. The van der Waals surface area contributed by atoms with Crippen LogP contribution in [0.2, 0.25) is 5.02 Å². The van der Waals surface area contributed by atoms with Crippen LogP contribution in [0.25, 0.3) is 0 Å². The highest BCUT2D eigenvalue weighted by molar-refractivity contribution is 6.31. The molecule has 2 N–H and O–H groups in total. The summed E-state index contributed by atoms with van der Waals surface area (Å²) >= 11 is 6.36. The van der Waals surface area contributed by atoms with Crippen LogP contribution in [-0.4, -0.2) is 18.6 Å². The molecule has 2 unspecified atom stereocenters. The van der Waals surface area contributed by atoms with Crippen molar-refractivity contribution < 1.29 is 0 Å². The Morgan fingerprint density at radius 1 is 1.50 bits per heavy atom. The van der Waals surface area contributed by atoms with E-state index in [1.165, 1.54) is 24.9 Å². The van der Waals surface area contributed by atoms with E-state index in [1.54, 1.807) is 0 Å². The Balaban J connectivity index is 2.18. The van der Waals surface area contributed by atoms with Gasteiger partial charge in [-0.15, -0.1) is 0 Å². The van der Waals surface area contributed by atoms with Gasteiger partial charge in [0, 0.05) is 29.3 Å². The van der Waals surface area contributed by atoms with E-state index in [2.05, 4.69) is 30.0 Å². The molecule has 0 bridgehead atoms. The smallest absolute Gasteiger partial charge is 0.0459 e. The first-order chi connectivity index (χ1) is 8.61. The Hall–Kier alpha value is -0.730. The van der Waals surface area contributed by atoms with Crippen molar-refractivity contribution in [3.05, 3.63) is 28.8 Å². The average Bonchev–Trinajstić information content (AvgIpc) is 2.79. The molecule has 0 amide bonds. The lowest BCUT2D eigenvalue weighted by Crippen LogP contribution is -2.28. The zero-order valence-corrected chi connectivity index (χ0v) is 12.1. The largest absolute Gasteiger partial charge is 0.369 e.